The van der Waals surface area contributed by atoms with Gasteiger partial charge in [-0.2, -0.15) is 4.68 Å². The fourth-order valence-corrected chi connectivity index (χ4v) is 2.08. The Morgan fingerprint density at radius 2 is 2.19 bits per heavy atom. The summed E-state index contributed by atoms with van der Waals surface area (Å²) in [4.78, 5) is 0. The SMILES string of the molecule is COCCNC(C)c1nnnn1-c1cc(OC)ccc1Cl. The summed E-state index contributed by atoms with van der Waals surface area (Å²) in [7, 11) is 3.26. The molecule has 0 fully saturated rings. The summed E-state index contributed by atoms with van der Waals surface area (Å²) in [5, 5.41) is 15.7. The Labute approximate surface area is 128 Å². The molecule has 114 valence electrons. The van der Waals surface area contributed by atoms with Crippen molar-refractivity contribution in [1.29, 1.82) is 0 Å². The van der Waals surface area contributed by atoms with E-state index in [1.54, 1.807) is 37.1 Å². The van der Waals surface area contributed by atoms with Gasteiger partial charge in [0.1, 0.15) is 5.75 Å². The Bertz CT molecular complexity index is 590. The number of aromatic nitrogens is 4. The van der Waals surface area contributed by atoms with Gasteiger partial charge in [-0.3, -0.25) is 0 Å². The molecule has 0 saturated carbocycles. The molecule has 1 N–H and O–H groups in total. The fourth-order valence-electron chi connectivity index (χ4n) is 1.89. The predicted octanol–water partition coefficient (Wildman–Crippen LogP) is 1.62. The van der Waals surface area contributed by atoms with Crippen molar-refractivity contribution in [3.05, 3.63) is 29.0 Å². The topological polar surface area (TPSA) is 74.1 Å². The van der Waals surface area contributed by atoms with E-state index in [-0.39, 0.29) is 6.04 Å². The molecule has 8 heteroatoms. The lowest BCUT2D eigenvalue weighted by molar-refractivity contribution is 0.196. The molecule has 1 heterocycles. The molecule has 0 spiro atoms. The van der Waals surface area contributed by atoms with E-state index in [1.165, 1.54) is 0 Å². The van der Waals surface area contributed by atoms with Gasteiger partial charge < -0.3 is 14.8 Å². The van der Waals surface area contributed by atoms with Crippen LogP contribution in [0, 0.1) is 0 Å². The van der Waals surface area contributed by atoms with Gasteiger partial charge in [-0.1, -0.05) is 11.6 Å². The molecule has 2 aromatic rings. The van der Waals surface area contributed by atoms with E-state index in [1.807, 2.05) is 6.92 Å². The van der Waals surface area contributed by atoms with Gasteiger partial charge in [0.2, 0.25) is 0 Å². The van der Waals surface area contributed by atoms with E-state index in [0.717, 1.165) is 0 Å². The van der Waals surface area contributed by atoms with Crippen LogP contribution in [0.15, 0.2) is 18.2 Å². The summed E-state index contributed by atoms with van der Waals surface area (Å²) in [5.74, 6) is 1.36. The van der Waals surface area contributed by atoms with Crippen LogP contribution in [0.2, 0.25) is 5.02 Å². The van der Waals surface area contributed by atoms with Crippen molar-refractivity contribution in [2.24, 2.45) is 0 Å². The molecule has 21 heavy (non-hydrogen) atoms. The first-order valence-electron chi connectivity index (χ1n) is 6.52. The first kappa shape index (κ1) is 15.7. The van der Waals surface area contributed by atoms with Crippen molar-refractivity contribution in [3.8, 4) is 11.4 Å². The Balaban J connectivity index is 2.27. The maximum atomic E-state index is 6.24. The number of nitrogens with one attached hydrogen (secondary N) is 1. The van der Waals surface area contributed by atoms with Crippen molar-refractivity contribution in [3.63, 3.8) is 0 Å². The molecule has 0 bridgehead atoms. The predicted molar refractivity (Wildman–Crippen MR) is 79.0 cm³/mol. The minimum absolute atomic E-state index is 0.0441. The van der Waals surface area contributed by atoms with E-state index >= 15 is 0 Å². The van der Waals surface area contributed by atoms with Gasteiger partial charge in [-0.25, -0.2) is 0 Å². The number of benzene rings is 1. The molecular weight excluding hydrogens is 294 g/mol. The van der Waals surface area contributed by atoms with Gasteiger partial charge in [0.25, 0.3) is 0 Å². The summed E-state index contributed by atoms with van der Waals surface area (Å²) in [6, 6.07) is 5.29. The molecule has 1 aromatic carbocycles. The maximum Gasteiger partial charge on any atom is 0.173 e. The average molecular weight is 312 g/mol. The quantitative estimate of drug-likeness (QED) is 0.783. The number of ether oxygens (including phenoxy) is 2. The fraction of sp³-hybridized carbons (Fsp3) is 0.462. The molecule has 0 aliphatic rings. The summed E-state index contributed by atoms with van der Waals surface area (Å²) in [6.45, 7) is 3.30. The molecule has 1 aromatic heterocycles. The molecule has 2 rings (SSSR count). The first-order chi connectivity index (χ1) is 10.2. The van der Waals surface area contributed by atoms with Gasteiger partial charge in [0.05, 0.1) is 30.5 Å². The van der Waals surface area contributed by atoms with Crippen molar-refractivity contribution in [2.45, 2.75) is 13.0 Å². The number of tetrazole rings is 1. The van der Waals surface area contributed by atoms with Crippen LogP contribution in [0.4, 0.5) is 0 Å². The first-order valence-corrected chi connectivity index (χ1v) is 6.89. The van der Waals surface area contributed by atoms with E-state index in [9.17, 15) is 0 Å². The normalized spacial score (nSPS) is 12.4. The number of methoxy groups -OCH3 is 2. The van der Waals surface area contributed by atoms with Gasteiger partial charge >= 0.3 is 0 Å². The molecule has 0 radical (unpaired) electrons. The molecule has 0 amide bonds. The molecule has 0 aliphatic carbocycles. The molecule has 0 saturated heterocycles. The smallest absolute Gasteiger partial charge is 0.173 e. The highest BCUT2D eigenvalue weighted by Crippen LogP contribution is 2.26. The third-order valence-electron chi connectivity index (χ3n) is 3.02. The van der Waals surface area contributed by atoms with Crippen molar-refractivity contribution in [1.82, 2.24) is 25.5 Å². The highest BCUT2D eigenvalue weighted by atomic mass is 35.5. The third kappa shape index (κ3) is 3.69. The van der Waals surface area contributed by atoms with Gasteiger partial charge in [0.15, 0.2) is 5.82 Å². The number of halogens is 1. The van der Waals surface area contributed by atoms with Crippen LogP contribution in [-0.4, -0.2) is 47.6 Å². The zero-order valence-corrected chi connectivity index (χ0v) is 13.0. The number of nitrogens with zero attached hydrogens (tertiary/aromatic N) is 4. The van der Waals surface area contributed by atoms with Crippen molar-refractivity contribution in [2.75, 3.05) is 27.4 Å². The van der Waals surface area contributed by atoms with Crippen LogP contribution in [0.3, 0.4) is 0 Å². The van der Waals surface area contributed by atoms with E-state index in [0.29, 0.717) is 35.4 Å². The van der Waals surface area contributed by atoms with Crippen LogP contribution >= 0.6 is 11.6 Å². The van der Waals surface area contributed by atoms with Crippen LogP contribution in [0.5, 0.6) is 5.75 Å². The van der Waals surface area contributed by atoms with E-state index in [2.05, 4.69) is 20.8 Å². The van der Waals surface area contributed by atoms with E-state index < -0.39 is 0 Å². The number of rotatable bonds is 7. The molecule has 7 nitrogen and oxygen atoms in total. The lowest BCUT2D eigenvalue weighted by atomic mass is 10.2. The Hall–Kier alpha value is -1.70. The largest absolute Gasteiger partial charge is 0.497 e. The number of hydrogen-bond donors (Lipinski definition) is 1. The minimum Gasteiger partial charge on any atom is -0.497 e. The zero-order valence-electron chi connectivity index (χ0n) is 12.2. The molecule has 0 aliphatic heterocycles. The van der Waals surface area contributed by atoms with Crippen LogP contribution in [0.25, 0.3) is 5.69 Å². The zero-order chi connectivity index (χ0) is 15.2. The standard InChI is InChI=1S/C13H18ClN5O2/c1-9(15-6-7-20-2)13-16-17-18-19(13)12-8-10(21-3)4-5-11(12)14/h4-5,8-9,15H,6-7H2,1-3H3. The lowest BCUT2D eigenvalue weighted by Gasteiger charge is -2.14. The lowest BCUT2D eigenvalue weighted by Crippen LogP contribution is -2.25. The van der Waals surface area contributed by atoms with Crippen molar-refractivity contribution >= 4 is 11.6 Å². The van der Waals surface area contributed by atoms with Gasteiger partial charge in [-0.05, 0) is 29.5 Å². The minimum atomic E-state index is -0.0441. The summed E-state index contributed by atoms with van der Waals surface area (Å²) >= 11 is 6.24. The number of hydrogen-bond acceptors (Lipinski definition) is 6. The average Bonchev–Trinajstić information content (AvgIpc) is 2.97. The molecular formula is C13H18ClN5O2. The van der Waals surface area contributed by atoms with Crippen molar-refractivity contribution < 1.29 is 9.47 Å². The van der Waals surface area contributed by atoms with Crippen LogP contribution < -0.4 is 10.1 Å². The highest BCUT2D eigenvalue weighted by molar-refractivity contribution is 6.32. The Morgan fingerprint density at radius 1 is 1.38 bits per heavy atom. The highest BCUT2D eigenvalue weighted by Gasteiger charge is 2.17. The second-order valence-electron chi connectivity index (χ2n) is 4.43. The van der Waals surface area contributed by atoms with Gasteiger partial charge in [-0.15, -0.1) is 5.10 Å². The summed E-state index contributed by atoms with van der Waals surface area (Å²) in [6.07, 6.45) is 0. The molecule has 1 atom stereocenters. The second-order valence-corrected chi connectivity index (χ2v) is 4.84. The van der Waals surface area contributed by atoms with Crippen LogP contribution in [-0.2, 0) is 4.74 Å². The van der Waals surface area contributed by atoms with Gasteiger partial charge in [0, 0.05) is 19.7 Å². The Kier molecular flexibility index (Phi) is 5.49. The van der Waals surface area contributed by atoms with E-state index in [4.69, 9.17) is 21.1 Å². The second kappa shape index (κ2) is 7.35. The van der Waals surface area contributed by atoms with Crippen LogP contribution in [0.1, 0.15) is 18.8 Å². The summed E-state index contributed by atoms with van der Waals surface area (Å²) < 4.78 is 11.8. The Morgan fingerprint density at radius 3 is 2.90 bits per heavy atom. The summed E-state index contributed by atoms with van der Waals surface area (Å²) in [5.41, 5.74) is 0.677. The molecule has 1 unspecified atom stereocenters. The monoisotopic (exact) mass is 311 g/mol. The maximum absolute atomic E-state index is 6.24. The third-order valence-corrected chi connectivity index (χ3v) is 3.34.